The fraction of sp³-hybridized carbons (Fsp3) is 0.350. The largest absolute Gasteiger partial charge is 0.457 e. The Balaban J connectivity index is 1.60. The molecule has 1 N–H and O–H groups in total. The number of carbonyl (C=O) groups is 1. The summed E-state index contributed by atoms with van der Waals surface area (Å²) in [5.41, 5.74) is 0.798. The van der Waals surface area contributed by atoms with E-state index in [2.05, 4.69) is 17.1 Å². The van der Waals surface area contributed by atoms with Crippen molar-refractivity contribution in [3.05, 3.63) is 54.6 Å². The van der Waals surface area contributed by atoms with Crippen molar-refractivity contribution in [2.45, 2.75) is 25.8 Å². The lowest BCUT2D eigenvalue weighted by molar-refractivity contribution is -0.122. The lowest BCUT2D eigenvalue weighted by atomic mass is 9.92. The third-order valence-electron chi connectivity index (χ3n) is 4.54. The van der Waals surface area contributed by atoms with Crippen LogP contribution in [0.25, 0.3) is 0 Å². The Labute approximate surface area is 143 Å². The van der Waals surface area contributed by atoms with E-state index in [1.54, 1.807) is 0 Å². The molecule has 4 heteroatoms. The van der Waals surface area contributed by atoms with Gasteiger partial charge in [-0.15, -0.1) is 0 Å². The molecule has 0 spiro atoms. The van der Waals surface area contributed by atoms with E-state index in [4.69, 9.17) is 4.74 Å². The second-order valence-electron chi connectivity index (χ2n) is 6.55. The minimum Gasteiger partial charge on any atom is -0.457 e. The molecule has 0 bridgehead atoms. The highest BCUT2D eigenvalue weighted by Crippen LogP contribution is 2.24. The van der Waals surface area contributed by atoms with Gasteiger partial charge in [0.15, 0.2) is 0 Å². The van der Waals surface area contributed by atoms with Gasteiger partial charge in [-0.25, -0.2) is 0 Å². The number of hydrogen-bond acceptors (Lipinski definition) is 3. The van der Waals surface area contributed by atoms with E-state index in [1.807, 2.05) is 61.6 Å². The maximum absolute atomic E-state index is 12.5. The Hall–Kier alpha value is -2.33. The van der Waals surface area contributed by atoms with Gasteiger partial charge in [-0.1, -0.05) is 25.1 Å². The first kappa shape index (κ1) is 16.5. The third kappa shape index (κ3) is 4.15. The van der Waals surface area contributed by atoms with E-state index < -0.39 is 0 Å². The minimum absolute atomic E-state index is 0.0472. The summed E-state index contributed by atoms with van der Waals surface area (Å²) in [5, 5.41) is 3.02. The van der Waals surface area contributed by atoms with Crippen LogP contribution in [0.5, 0.6) is 11.5 Å². The highest BCUT2D eigenvalue weighted by molar-refractivity contribution is 5.94. The normalized spacial score (nSPS) is 21.2. The second-order valence-corrected chi connectivity index (χ2v) is 6.55. The molecule has 0 unspecified atom stereocenters. The van der Waals surface area contributed by atoms with Gasteiger partial charge in [0, 0.05) is 5.69 Å². The number of piperidine rings is 1. The summed E-state index contributed by atoms with van der Waals surface area (Å²) in [6, 6.07) is 17.1. The van der Waals surface area contributed by atoms with E-state index in [-0.39, 0.29) is 11.9 Å². The molecule has 0 radical (unpaired) electrons. The molecular weight excluding hydrogens is 300 g/mol. The first-order valence-corrected chi connectivity index (χ1v) is 8.46. The molecular formula is C20H24N2O2. The molecule has 3 rings (SSSR count). The highest BCUT2D eigenvalue weighted by Gasteiger charge is 2.29. The third-order valence-corrected chi connectivity index (χ3v) is 4.54. The summed E-state index contributed by atoms with van der Waals surface area (Å²) < 4.78 is 5.76. The number of nitrogens with zero attached hydrogens (tertiary/aromatic N) is 1. The lowest BCUT2D eigenvalue weighted by Crippen LogP contribution is -2.46. The van der Waals surface area contributed by atoms with Crippen LogP contribution in [-0.2, 0) is 4.79 Å². The first-order valence-electron chi connectivity index (χ1n) is 8.46. The van der Waals surface area contributed by atoms with Gasteiger partial charge in [-0.3, -0.25) is 9.69 Å². The summed E-state index contributed by atoms with van der Waals surface area (Å²) in [7, 11) is 2.02. The van der Waals surface area contributed by atoms with Gasteiger partial charge in [-0.05, 0) is 68.8 Å². The van der Waals surface area contributed by atoms with Crippen molar-refractivity contribution in [1.29, 1.82) is 0 Å². The van der Waals surface area contributed by atoms with Gasteiger partial charge in [0.05, 0.1) is 6.04 Å². The maximum Gasteiger partial charge on any atom is 0.241 e. The average Bonchev–Trinajstić information content (AvgIpc) is 2.59. The number of para-hydroxylation sites is 1. The van der Waals surface area contributed by atoms with Crippen molar-refractivity contribution in [3.63, 3.8) is 0 Å². The van der Waals surface area contributed by atoms with Gasteiger partial charge in [-0.2, -0.15) is 0 Å². The Morgan fingerprint density at radius 1 is 1.08 bits per heavy atom. The summed E-state index contributed by atoms with van der Waals surface area (Å²) >= 11 is 0. The van der Waals surface area contributed by atoms with Gasteiger partial charge >= 0.3 is 0 Å². The standard InChI is InChI=1S/C20H24N2O2/c1-15-12-13-22(2)19(14-15)20(23)21-16-8-10-18(11-9-16)24-17-6-4-3-5-7-17/h3-11,15,19H,12-14H2,1-2H3,(H,21,23)/t15-,19-/m0/s1. The molecule has 1 amide bonds. The summed E-state index contributed by atoms with van der Waals surface area (Å²) in [6.45, 7) is 3.19. The van der Waals surface area contributed by atoms with Crippen LogP contribution in [0.1, 0.15) is 19.8 Å². The monoisotopic (exact) mass is 324 g/mol. The Morgan fingerprint density at radius 3 is 2.46 bits per heavy atom. The highest BCUT2D eigenvalue weighted by atomic mass is 16.5. The summed E-state index contributed by atoms with van der Waals surface area (Å²) in [4.78, 5) is 14.7. The fourth-order valence-corrected chi connectivity index (χ4v) is 3.02. The number of ether oxygens (including phenoxy) is 1. The van der Waals surface area contributed by atoms with Crippen LogP contribution in [0.3, 0.4) is 0 Å². The molecule has 126 valence electrons. The number of carbonyl (C=O) groups excluding carboxylic acids is 1. The quantitative estimate of drug-likeness (QED) is 0.918. The topological polar surface area (TPSA) is 41.6 Å². The molecule has 1 aliphatic rings. The molecule has 24 heavy (non-hydrogen) atoms. The van der Waals surface area contributed by atoms with Crippen molar-refractivity contribution < 1.29 is 9.53 Å². The molecule has 1 aliphatic heterocycles. The van der Waals surface area contributed by atoms with Crippen molar-refractivity contribution in [2.75, 3.05) is 18.9 Å². The minimum atomic E-state index is -0.0472. The molecule has 0 aliphatic carbocycles. The van der Waals surface area contributed by atoms with E-state index >= 15 is 0 Å². The Bertz CT molecular complexity index is 670. The second kappa shape index (κ2) is 7.49. The van der Waals surface area contributed by atoms with E-state index in [9.17, 15) is 4.79 Å². The number of hydrogen-bond donors (Lipinski definition) is 1. The van der Waals surface area contributed by atoms with Crippen LogP contribution in [-0.4, -0.2) is 30.4 Å². The number of benzene rings is 2. The molecule has 0 saturated carbocycles. The Morgan fingerprint density at radius 2 is 1.75 bits per heavy atom. The predicted octanol–water partition coefficient (Wildman–Crippen LogP) is 4.15. The molecule has 1 saturated heterocycles. The smallest absolute Gasteiger partial charge is 0.241 e. The average molecular weight is 324 g/mol. The van der Waals surface area contributed by atoms with Crippen LogP contribution < -0.4 is 10.1 Å². The van der Waals surface area contributed by atoms with Gasteiger partial charge in [0.1, 0.15) is 11.5 Å². The predicted molar refractivity (Wildman–Crippen MR) is 96.4 cm³/mol. The summed E-state index contributed by atoms with van der Waals surface area (Å²) in [6.07, 6.45) is 2.07. The number of nitrogens with one attached hydrogen (secondary N) is 1. The lowest BCUT2D eigenvalue weighted by Gasteiger charge is -2.34. The van der Waals surface area contributed by atoms with Gasteiger partial charge in [0.2, 0.25) is 5.91 Å². The fourth-order valence-electron chi connectivity index (χ4n) is 3.02. The zero-order valence-corrected chi connectivity index (χ0v) is 14.2. The van der Waals surface area contributed by atoms with Gasteiger partial charge in [0.25, 0.3) is 0 Å². The van der Waals surface area contributed by atoms with Crippen molar-refractivity contribution in [2.24, 2.45) is 5.92 Å². The zero-order valence-electron chi connectivity index (χ0n) is 14.2. The van der Waals surface area contributed by atoms with Crippen LogP contribution in [0, 0.1) is 5.92 Å². The number of anilines is 1. The first-order chi connectivity index (χ1) is 11.6. The van der Waals surface area contributed by atoms with Crippen molar-refractivity contribution in [1.82, 2.24) is 4.90 Å². The SMILES string of the molecule is C[C@H]1CCN(C)[C@H](C(=O)Nc2ccc(Oc3ccccc3)cc2)C1. The van der Waals surface area contributed by atoms with Crippen LogP contribution in [0.2, 0.25) is 0 Å². The molecule has 1 fully saturated rings. The molecule has 1 heterocycles. The van der Waals surface area contributed by atoms with E-state index in [0.29, 0.717) is 5.92 Å². The molecule has 2 atom stereocenters. The van der Waals surface area contributed by atoms with Crippen LogP contribution in [0.15, 0.2) is 54.6 Å². The van der Waals surface area contributed by atoms with E-state index in [0.717, 1.165) is 36.6 Å². The van der Waals surface area contributed by atoms with E-state index in [1.165, 1.54) is 0 Å². The number of likely N-dealkylation sites (tertiary alicyclic amines) is 1. The number of rotatable bonds is 4. The number of amides is 1. The zero-order chi connectivity index (χ0) is 16.9. The molecule has 0 aromatic heterocycles. The molecule has 2 aromatic carbocycles. The number of likely N-dealkylation sites (N-methyl/N-ethyl adjacent to an activating group) is 1. The van der Waals surface area contributed by atoms with Crippen LogP contribution >= 0.6 is 0 Å². The molecule has 2 aromatic rings. The van der Waals surface area contributed by atoms with Gasteiger partial charge < -0.3 is 10.1 Å². The molecule has 4 nitrogen and oxygen atoms in total. The Kier molecular flexibility index (Phi) is 5.16. The van der Waals surface area contributed by atoms with Crippen molar-refractivity contribution >= 4 is 11.6 Å². The maximum atomic E-state index is 12.5. The van der Waals surface area contributed by atoms with Crippen LogP contribution in [0.4, 0.5) is 5.69 Å². The summed E-state index contributed by atoms with van der Waals surface area (Å²) in [5.74, 6) is 2.22. The van der Waals surface area contributed by atoms with Crippen molar-refractivity contribution in [3.8, 4) is 11.5 Å².